The van der Waals surface area contributed by atoms with Crippen LogP contribution in [0.4, 0.5) is 5.82 Å². The Bertz CT molecular complexity index is 999. The smallest absolute Gasteiger partial charge is 0.226 e. The maximum Gasteiger partial charge on any atom is 0.226 e. The number of benzene rings is 1. The zero-order valence-electron chi connectivity index (χ0n) is 19.2. The number of pyridine rings is 1. The summed E-state index contributed by atoms with van der Waals surface area (Å²) in [7, 11) is 2.16. The second-order valence-electron chi connectivity index (χ2n) is 7.87. The van der Waals surface area contributed by atoms with E-state index in [1.54, 1.807) is 6.26 Å². The van der Waals surface area contributed by atoms with Gasteiger partial charge in [-0.3, -0.25) is 0 Å². The normalized spacial score (nSPS) is 14.6. The van der Waals surface area contributed by atoms with Crippen LogP contribution in [0.2, 0.25) is 0 Å². The first-order chi connectivity index (χ1) is 15.7. The topological polar surface area (TPSA) is 81.8 Å². The van der Waals surface area contributed by atoms with Crippen LogP contribution in [0.5, 0.6) is 0 Å². The predicted octanol–water partition coefficient (Wildman–Crippen LogP) is 3.36. The van der Waals surface area contributed by atoms with Crippen LogP contribution in [0.25, 0.3) is 11.5 Å². The molecule has 3 heterocycles. The lowest BCUT2D eigenvalue weighted by Crippen LogP contribution is -2.44. The molecule has 1 aliphatic heterocycles. The Hall–Kier alpha value is -2.66. The quantitative estimate of drug-likeness (QED) is 0.260. The van der Waals surface area contributed by atoms with Crippen molar-refractivity contribution >= 4 is 35.8 Å². The predicted molar refractivity (Wildman–Crippen MR) is 143 cm³/mol. The molecule has 0 radical (unpaired) electrons. The summed E-state index contributed by atoms with van der Waals surface area (Å²) >= 11 is 0. The lowest BCUT2D eigenvalue weighted by molar-refractivity contribution is 0.312. The summed E-state index contributed by atoms with van der Waals surface area (Å²) in [5.74, 6) is 2.40. The van der Waals surface area contributed by atoms with Crippen molar-refractivity contribution in [3.63, 3.8) is 0 Å². The number of halogens is 1. The molecule has 176 valence electrons. The number of likely N-dealkylation sites (N-methyl/N-ethyl adjacent to an activating group) is 1. The Morgan fingerprint density at radius 2 is 1.85 bits per heavy atom. The molecule has 0 bridgehead atoms. The molecule has 1 fully saturated rings. The van der Waals surface area contributed by atoms with Gasteiger partial charge in [-0.05, 0) is 37.7 Å². The molecule has 0 aliphatic carbocycles. The van der Waals surface area contributed by atoms with Gasteiger partial charge in [-0.25, -0.2) is 15.0 Å². The summed E-state index contributed by atoms with van der Waals surface area (Å²) in [6, 6.07) is 14.1. The molecule has 33 heavy (non-hydrogen) atoms. The SMILES string of the molecule is CCNC(=NCc1ccc(N2CCN(C)CC2)nc1)NCc1coc(-c2ccccc2)n1.I. The zero-order valence-corrected chi connectivity index (χ0v) is 21.5. The number of anilines is 1. The van der Waals surface area contributed by atoms with E-state index in [0.29, 0.717) is 19.0 Å². The first kappa shape index (κ1) is 25.0. The maximum absolute atomic E-state index is 5.61. The minimum atomic E-state index is 0. The molecule has 0 atom stereocenters. The molecular weight excluding hydrogens is 529 g/mol. The van der Waals surface area contributed by atoms with Gasteiger partial charge in [0, 0.05) is 44.5 Å². The number of aromatic nitrogens is 2. The van der Waals surface area contributed by atoms with Crippen LogP contribution in [-0.4, -0.2) is 60.6 Å². The van der Waals surface area contributed by atoms with Crippen LogP contribution in [0.1, 0.15) is 18.2 Å². The van der Waals surface area contributed by atoms with Gasteiger partial charge >= 0.3 is 0 Å². The standard InChI is InChI=1S/C24H31N7O.HI/c1-3-25-24(28-17-21-18-32-23(29-21)20-7-5-4-6-8-20)27-16-19-9-10-22(26-15-19)31-13-11-30(2)12-14-31;/h4-10,15,18H,3,11-14,16-17H2,1-2H3,(H2,25,27,28);1H. The number of hydrogen-bond donors (Lipinski definition) is 2. The summed E-state index contributed by atoms with van der Waals surface area (Å²) in [5.41, 5.74) is 2.87. The third-order valence-electron chi connectivity index (χ3n) is 5.41. The van der Waals surface area contributed by atoms with Crippen molar-refractivity contribution in [2.24, 2.45) is 4.99 Å². The van der Waals surface area contributed by atoms with Gasteiger partial charge in [0.25, 0.3) is 0 Å². The second kappa shape index (κ2) is 12.5. The Morgan fingerprint density at radius 3 is 2.55 bits per heavy atom. The van der Waals surface area contributed by atoms with Gasteiger partial charge in [0.2, 0.25) is 5.89 Å². The van der Waals surface area contributed by atoms with Crippen LogP contribution in [-0.2, 0) is 13.1 Å². The lowest BCUT2D eigenvalue weighted by atomic mass is 10.2. The van der Waals surface area contributed by atoms with E-state index in [4.69, 9.17) is 9.41 Å². The highest BCUT2D eigenvalue weighted by molar-refractivity contribution is 14.0. The third-order valence-corrected chi connectivity index (χ3v) is 5.41. The molecule has 3 aromatic rings. The summed E-state index contributed by atoms with van der Waals surface area (Å²) < 4.78 is 5.61. The van der Waals surface area contributed by atoms with E-state index in [1.807, 2.05) is 43.5 Å². The largest absolute Gasteiger partial charge is 0.444 e. The number of hydrogen-bond acceptors (Lipinski definition) is 6. The van der Waals surface area contributed by atoms with Gasteiger partial charge in [-0.1, -0.05) is 24.3 Å². The molecule has 2 aromatic heterocycles. The molecule has 0 unspecified atom stereocenters. The maximum atomic E-state index is 5.61. The van der Waals surface area contributed by atoms with E-state index < -0.39 is 0 Å². The molecule has 0 saturated carbocycles. The zero-order chi connectivity index (χ0) is 22.2. The van der Waals surface area contributed by atoms with Gasteiger partial charge in [-0.2, -0.15) is 0 Å². The average molecular weight is 561 g/mol. The Kier molecular flexibility index (Phi) is 9.49. The first-order valence-corrected chi connectivity index (χ1v) is 11.1. The highest BCUT2D eigenvalue weighted by Gasteiger charge is 2.15. The average Bonchev–Trinajstić information content (AvgIpc) is 3.31. The molecule has 4 rings (SSSR count). The van der Waals surface area contributed by atoms with Gasteiger partial charge < -0.3 is 24.9 Å². The van der Waals surface area contributed by atoms with Gasteiger partial charge in [0.1, 0.15) is 12.1 Å². The molecule has 1 aromatic carbocycles. The van der Waals surface area contributed by atoms with Gasteiger partial charge in [0.15, 0.2) is 5.96 Å². The Morgan fingerprint density at radius 1 is 1.06 bits per heavy atom. The van der Waals surface area contributed by atoms with Crippen LogP contribution in [0.3, 0.4) is 0 Å². The minimum absolute atomic E-state index is 0. The summed E-state index contributed by atoms with van der Waals surface area (Å²) in [5, 5.41) is 6.60. The van der Waals surface area contributed by atoms with E-state index in [9.17, 15) is 0 Å². The number of oxazole rings is 1. The lowest BCUT2D eigenvalue weighted by Gasteiger charge is -2.33. The fourth-order valence-corrected chi connectivity index (χ4v) is 3.52. The van der Waals surface area contributed by atoms with E-state index in [-0.39, 0.29) is 24.0 Å². The van der Waals surface area contributed by atoms with Crippen molar-refractivity contribution in [1.82, 2.24) is 25.5 Å². The first-order valence-electron chi connectivity index (χ1n) is 11.1. The number of aliphatic imine (C=N–C) groups is 1. The monoisotopic (exact) mass is 561 g/mol. The fraction of sp³-hybridized carbons (Fsp3) is 0.375. The van der Waals surface area contributed by atoms with E-state index >= 15 is 0 Å². The van der Waals surface area contributed by atoms with Gasteiger partial charge in [-0.15, -0.1) is 24.0 Å². The molecule has 0 spiro atoms. The summed E-state index contributed by atoms with van der Waals surface area (Å²) in [6.45, 7) is 8.09. The summed E-state index contributed by atoms with van der Waals surface area (Å²) in [4.78, 5) is 18.6. The van der Waals surface area contributed by atoms with Crippen molar-refractivity contribution in [3.8, 4) is 11.5 Å². The van der Waals surface area contributed by atoms with Gasteiger partial charge in [0.05, 0.1) is 18.8 Å². The van der Waals surface area contributed by atoms with Crippen molar-refractivity contribution < 1.29 is 4.42 Å². The van der Waals surface area contributed by atoms with Crippen LogP contribution >= 0.6 is 24.0 Å². The number of rotatable bonds is 7. The molecule has 2 N–H and O–H groups in total. The minimum Gasteiger partial charge on any atom is -0.444 e. The van der Waals surface area contributed by atoms with Crippen LogP contribution in [0, 0.1) is 0 Å². The highest BCUT2D eigenvalue weighted by atomic mass is 127. The molecule has 1 saturated heterocycles. The molecular formula is C24H32IN7O. The van der Waals surface area contributed by atoms with Crippen molar-refractivity contribution in [2.45, 2.75) is 20.0 Å². The number of guanidine groups is 1. The Labute approximate surface area is 212 Å². The highest BCUT2D eigenvalue weighted by Crippen LogP contribution is 2.18. The van der Waals surface area contributed by atoms with Crippen molar-refractivity contribution in [2.75, 3.05) is 44.7 Å². The third kappa shape index (κ3) is 7.16. The summed E-state index contributed by atoms with van der Waals surface area (Å²) in [6.07, 6.45) is 3.60. The van der Waals surface area contributed by atoms with Crippen molar-refractivity contribution in [1.29, 1.82) is 0 Å². The molecule has 9 heteroatoms. The molecule has 1 aliphatic rings. The molecule has 8 nitrogen and oxygen atoms in total. The second-order valence-corrected chi connectivity index (χ2v) is 7.87. The number of nitrogens with one attached hydrogen (secondary N) is 2. The van der Waals surface area contributed by atoms with E-state index in [1.165, 1.54) is 0 Å². The number of piperazine rings is 1. The van der Waals surface area contributed by atoms with Crippen molar-refractivity contribution in [3.05, 3.63) is 66.2 Å². The fourth-order valence-electron chi connectivity index (χ4n) is 3.52. The van der Waals surface area contributed by atoms with Crippen LogP contribution < -0.4 is 15.5 Å². The van der Waals surface area contributed by atoms with E-state index in [2.05, 4.69) is 49.6 Å². The van der Waals surface area contributed by atoms with Crippen LogP contribution in [0.15, 0.2) is 64.3 Å². The van der Waals surface area contributed by atoms with E-state index in [0.717, 1.165) is 61.3 Å². The Balaban J connectivity index is 0.00000306. The molecule has 0 amide bonds. The number of nitrogens with zero attached hydrogens (tertiary/aromatic N) is 5.